The van der Waals surface area contributed by atoms with Gasteiger partial charge in [-0.15, -0.1) is 0 Å². The standard InChI is InChI=1S/C16H31N3/c1-3-7-18-8-4-5-15(6-9-18)19-12-14-10-17-11-16(14)13(19)2/h13-17H,3-12H2,1-2H3. The maximum atomic E-state index is 3.58. The van der Waals surface area contributed by atoms with Gasteiger partial charge in [0.25, 0.3) is 0 Å². The maximum Gasteiger partial charge on any atom is 0.0114 e. The van der Waals surface area contributed by atoms with Crippen LogP contribution in [0.2, 0.25) is 0 Å². The molecular formula is C16H31N3. The molecule has 0 radical (unpaired) electrons. The minimum absolute atomic E-state index is 0.808. The molecule has 3 fully saturated rings. The third kappa shape index (κ3) is 2.84. The molecule has 3 aliphatic rings. The summed E-state index contributed by atoms with van der Waals surface area (Å²) < 4.78 is 0. The molecule has 0 amide bonds. The van der Waals surface area contributed by atoms with E-state index in [-0.39, 0.29) is 0 Å². The van der Waals surface area contributed by atoms with E-state index in [4.69, 9.17) is 0 Å². The molecule has 3 heteroatoms. The van der Waals surface area contributed by atoms with Crippen molar-refractivity contribution >= 4 is 0 Å². The van der Waals surface area contributed by atoms with Crippen molar-refractivity contribution in [1.82, 2.24) is 15.1 Å². The first-order valence-electron chi connectivity index (χ1n) is 8.48. The van der Waals surface area contributed by atoms with E-state index >= 15 is 0 Å². The van der Waals surface area contributed by atoms with Crippen LogP contribution in [-0.2, 0) is 0 Å². The van der Waals surface area contributed by atoms with E-state index in [9.17, 15) is 0 Å². The highest BCUT2D eigenvalue weighted by molar-refractivity contribution is 4.99. The van der Waals surface area contributed by atoms with Gasteiger partial charge in [0.1, 0.15) is 0 Å². The molecule has 0 aromatic heterocycles. The normalized spacial score (nSPS) is 41.4. The Morgan fingerprint density at radius 3 is 2.84 bits per heavy atom. The first kappa shape index (κ1) is 13.8. The van der Waals surface area contributed by atoms with Crippen molar-refractivity contribution < 1.29 is 0 Å². The molecular weight excluding hydrogens is 234 g/mol. The van der Waals surface area contributed by atoms with E-state index in [1.807, 2.05) is 0 Å². The van der Waals surface area contributed by atoms with E-state index in [0.717, 1.165) is 23.9 Å². The number of rotatable bonds is 3. The predicted molar refractivity (Wildman–Crippen MR) is 80.4 cm³/mol. The molecule has 110 valence electrons. The number of fused-ring (bicyclic) bond motifs is 1. The fraction of sp³-hybridized carbons (Fsp3) is 1.00. The molecule has 4 unspecified atom stereocenters. The molecule has 4 atom stereocenters. The first-order chi connectivity index (χ1) is 9.29. The van der Waals surface area contributed by atoms with Crippen LogP contribution >= 0.6 is 0 Å². The van der Waals surface area contributed by atoms with Gasteiger partial charge in [0.15, 0.2) is 0 Å². The van der Waals surface area contributed by atoms with Crippen LogP contribution in [0.15, 0.2) is 0 Å². The lowest BCUT2D eigenvalue weighted by Crippen LogP contribution is -2.41. The van der Waals surface area contributed by atoms with Gasteiger partial charge in [-0.25, -0.2) is 0 Å². The molecule has 3 aliphatic heterocycles. The van der Waals surface area contributed by atoms with Crippen LogP contribution in [0, 0.1) is 11.8 Å². The molecule has 3 heterocycles. The van der Waals surface area contributed by atoms with Gasteiger partial charge in [0, 0.05) is 18.6 Å². The smallest absolute Gasteiger partial charge is 0.0114 e. The average Bonchev–Trinajstić information content (AvgIpc) is 2.89. The Hall–Kier alpha value is -0.120. The summed E-state index contributed by atoms with van der Waals surface area (Å²) in [5, 5.41) is 3.58. The minimum atomic E-state index is 0.808. The Balaban J connectivity index is 1.57. The highest BCUT2D eigenvalue weighted by atomic mass is 15.2. The van der Waals surface area contributed by atoms with Gasteiger partial charge in [-0.3, -0.25) is 4.90 Å². The molecule has 3 nitrogen and oxygen atoms in total. The van der Waals surface area contributed by atoms with E-state index in [2.05, 4.69) is 29.0 Å². The van der Waals surface area contributed by atoms with Crippen molar-refractivity contribution in [3.05, 3.63) is 0 Å². The molecule has 3 saturated heterocycles. The second-order valence-corrected chi connectivity index (χ2v) is 6.95. The number of nitrogens with zero attached hydrogens (tertiary/aromatic N) is 2. The third-order valence-corrected chi connectivity index (χ3v) is 5.78. The number of hydrogen-bond donors (Lipinski definition) is 1. The Morgan fingerprint density at radius 1 is 1.16 bits per heavy atom. The molecule has 0 aliphatic carbocycles. The first-order valence-corrected chi connectivity index (χ1v) is 8.48. The van der Waals surface area contributed by atoms with Crippen molar-refractivity contribution in [3.8, 4) is 0 Å². The predicted octanol–water partition coefficient (Wildman–Crippen LogP) is 1.79. The van der Waals surface area contributed by atoms with E-state index in [1.54, 1.807) is 0 Å². The summed E-state index contributed by atoms with van der Waals surface area (Å²) in [7, 11) is 0. The van der Waals surface area contributed by atoms with E-state index < -0.39 is 0 Å². The fourth-order valence-corrected chi connectivity index (χ4v) is 4.69. The monoisotopic (exact) mass is 265 g/mol. The zero-order chi connectivity index (χ0) is 13.2. The summed E-state index contributed by atoms with van der Waals surface area (Å²) in [6.45, 7) is 12.6. The van der Waals surface area contributed by atoms with E-state index in [0.29, 0.717) is 0 Å². The SMILES string of the molecule is CCCN1CCCC(N2CC3CNCC3C2C)CC1. The number of nitrogens with one attached hydrogen (secondary N) is 1. The molecule has 0 aromatic carbocycles. The number of hydrogen-bond acceptors (Lipinski definition) is 3. The Bertz CT molecular complexity index is 294. The van der Waals surface area contributed by atoms with Gasteiger partial charge in [-0.05, 0) is 77.2 Å². The lowest BCUT2D eigenvalue weighted by molar-refractivity contribution is 0.153. The highest BCUT2D eigenvalue weighted by Gasteiger charge is 2.44. The zero-order valence-electron chi connectivity index (χ0n) is 12.8. The van der Waals surface area contributed by atoms with Crippen LogP contribution in [0.4, 0.5) is 0 Å². The lowest BCUT2D eigenvalue weighted by atomic mass is 9.95. The Kier molecular flexibility index (Phi) is 4.45. The van der Waals surface area contributed by atoms with Crippen molar-refractivity contribution in [2.24, 2.45) is 11.8 Å². The van der Waals surface area contributed by atoms with Gasteiger partial charge < -0.3 is 10.2 Å². The summed E-state index contributed by atoms with van der Waals surface area (Å²) in [6, 6.07) is 1.67. The van der Waals surface area contributed by atoms with Crippen molar-refractivity contribution in [2.45, 2.75) is 51.6 Å². The lowest BCUT2D eigenvalue weighted by Gasteiger charge is -2.32. The van der Waals surface area contributed by atoms with Gasteiger partial charge in [-0.1, -0.05) is 6.92 Å². The van der Waals surface area contributed by atoms with Crippen molar-refractivity contribution in [1.29, 1.82) is 0 Å². The molecule has 0 saturated carbocycles. The molecule has 0 bridgehead atoms. The van der Waals surface area contributed by atoms with Gasteiger partial charge >= 0.3 is 0 Å². The third-order valence-electron chi connectivity index (χ3n) is 5.78. The molecule has 1 N–H and O–H groups in total. The largest absolute Gasteiger partial charge is 0.316 e. The average molecular weight is 265 g/mol. The highest BCUT2D eigenvalue weighted by Crippen LogP contribution is 2.35. The molecule has 0 spiro atoms. The quantitative estimate of drug-likeness (QED) is 0.839. The Labute approximate surface area is 118 Å². The summed E-state index contributed by atoms with van der Waals surface area (Å²) >= 11 is 0. The summed E-state index contributed by atoms with van der Waals surface area (Å²) in [6.07, 6.45) is 5.54. The minimum Gasteiger partial charge on any atom is -0.316 e. The zero-order valence-corrected chi connectivity index (χ0v) is 12.8. The fourth-order valence-electron chi connectivity index (χ4n) is 4.69. The van der Waals surface area contributed by atoms with Gasteiger partial charge in [0.05, 0.1) is 0 Å². The van der Waals surface area contributed by atoms with Crippen LogP contribution in [0.25, 0.3) is 0 Å². The molecule has 3 rings (SSSR count). The second-order valence-electron chi connectivity index (χ2n) is 6.95. The van der Waals surface area contributed by atoms with Gasteiger partial charge in [-0.2, -0.15) is 0 Å². The second kappa shape index (κ2) is 6.11. The molecule has 19 heavy (non-hydrogen) atoms. The molecule has 0 aromatic rings. The van der Waals surface area contributed by atoms with E-state index in [1.165, 1.54) is 65.0 Å². The summed E-state index contributed by atoms with van der Waals surface area (Å²) in [5.74, 6) is 1.86. The summed E-state index contributed by atoms with van der Waals surface area (Å²) in [4.78, 5) is 5.55. The van der Waals surface area contributed by atoms with Crippen LogP contribution in [0.3, 0.4) is 0 Å². The van der Waals surface area contributed by atoms with Crippen LogP contribution in [0.5, 0.6) is 0 Å². The van der Waals surface area contributed by atoms with Crippen molar-refractivity contribution in [3.63, 3.8) is 0 Å². The van der Waals surface area contributed by atoms with Crippen LogP contribution < -0.4 is 5.32 Å². The van der Waals surface area contributed by atoms with Crippen LogP contribution in [0.1, 0.15) is 39.5 Å². The Morgan fingerprint density at radius 2 is 2.05 bits per heavy atom. The summed E-state index contributed by atoms with van der Waals surface area (Å²) in [5.41, 5.74) is 0. The van der Waals surface area contributed by atoms with Gasteiger partial charge in [0.2, 0.25) is 0 Å². The maximum absolute atomic E-state index is 3.58. The van der Waals surface area contributed by atoms with Crippen molar-refractivity contribution in [2.75, 3.05) is 39.3 Å². The number of likely N-dealkylation sites (tertiary alicyclic amines) is 2. The topological polar surface area (TPSA) is 18.5 Å². The van der Waals surface area contributed by atoms with Crippen LogP contribution in [-0.4, -0.2) is 61.2 Å².